The predicted molar refractivity (Wildman–Crippen MR) is 158 cm³/mol. The van der Waals surface area contributed by atoms with E-state index in [1.54, 1.807) is 0 Å². The van der Waals surface area contributed by atoms with Crippen LogP contribution in [0.1, 0.15) is 66.1 Å². The molecule has 0 spiro atoms. The van der Waals surface area contributed by atoms with E-state index in [1.165, 1.54) is 25.7 Å². The highest BCUT2D eigenvalue weighted by Crippen LogP contribution is 2.37. The van der Waals surface area contributed by atoms with Crippen LogP contribution in [0.4, 0.5) is 5.95 Å². The monoisotopic (exact) mass is 552 g/mol. The lowest BCUT2D eigenvalue weighted by Gasteiger charge is -2.37. The van der Waals surface area contributed by atoms with Crippen molar-refractivity contribution in [3.05, 3.63) is 35.1 Å². The SMILES string of the molecule is CC1CCC(Cn2c(N[C@H](C)CO[Si](C)(C)C(C)(C)C)nc3nc(C#N)nc(-c4cccc(Cl)c4)c32)CC1. The second kappa shape index (κ2) is 11.3. The molecule has 38 heavy (non-hydrogen) atoms. The summed E-state index contributed by atoms with van der Waals surface area (Å²) < 4.78 is 8.73. The Bertz CT molecular complexity index is 1320. The van der Waals surface area contributed by atoms with Crippen LogP contribution in [-0.2, 0) is 11.0 Å². The van der Waals surface area contributed by atoms with Crippen LogP contribution in [0.25, 0.3) is 22.4 Å². The summed E-state index contributed by atoms with van der Waals surface area (Å²) in [4.78, 5) is 14.1. The predicted octanol–water partition coefficient (Wildman–Crippen LogP) is 7.67. The molecule has 4 rings (SSSR count). The van der Waals surface area contributed by atoms with Crippen LogP contribution in [0.15, 0.2) is 24.3 Å². The zero-order valence-electron chi connectivity index (χ0n) is 23.8. The summed E-state index contributed by atoms with van der Waals surface area (Å²) in [5, 5.41) is 14.1. The van der Waals surface area contributed by atoms with Crippen LogP contribution < -0.4 is 5.32 Å². The minimum Gasteiger partial charge on any atom is -0.415 e. The Kier molecular flexibility index (Phi) is 8.51. The first-order valence-electron chi connectivity index (χ1n) is 13.7. The van der Waals surface area contributed by atoms with Crippen LogP contribution in [0.3, 0.4) is 0 Å². The number of imidazole rings is 1. The summed E-state index contributed by atoms with van der Waals surface area (Å²) in [6.45, 7) is 17.2. The van der Waals surface area contributed by atoms with Crippen LogP contribution in [0, 0.1) is 23.2 Å². The smallest absolute Gasteiger partial charge is 0.234 e. The highest BCUT2D eigenvalue weighted by molar-refractivity contribution is 6.74. The van der Waals surface area contributed by atoms with E-state index in [4.69, 9.17) is 21.0 Å². The van der Waals surface area contributed by atoms with Crippen molar-refractivity contribution in [3.63, 3.8) is 0 Å². The Morgan fingerprint density at radius 3 is 2.53 bits per heavy atom. The molecule has 0 saturated heterocycles. The Hall–Kier alpha value is -2.47. The lowest BCUT2D eigenvalue weighted by Crippen LogP contribution is -2.43. The molecule has 0 amide bonds. The molecule has 1 N–H and O–H groups in total. The average molecular weight is 553 g/mol. The molecule has 1 fully saturated rings. The molecule has 204 valence electrons. The van der Waals surface area contributed by atoms with Crippen molar-refractivity contribution >= 4 is 37.0 Å². The number of aromatic nitrogens is 4. The maximum Gasteiger partial charge on any atom is 0.234 e. The molecule has 1 aromatic carbocycles. The van der Waals surface area contributed by atoms with Gasteiger partial charge in [0.25, 0.3) is 0 Å². The van der Waals surface area contributed by atoms with Crippen LogP contribution >= 0.6 is 11.6 Å². The van der Waals surface area contributed by atoms with Crippen molar-refractivity contribution in [1.82, 2.24) is 19.5 Å². The molecule has 2 aromatic heterocycles. The van der Waals surface area contributed by atoms with Gasteiger partial charge in [0.2, 0.25) is 11.8 Å². The van der Waals surface area contributed by atoms with Gasteiger partial charge >= 0.3 is 0 Å². The number of rotatable bonds is 8. The second-order valence-corrected chi connectivity index (χ2v) is 17.7. The molecule has 0 unspecified atom stereocenters. The number of nitrogens with one attached hydrogen (secondary N) is 1. The molecular weight excluding hydrogens is 512 g/mol. The fourth-order valence-corrected chi connectivity index (χ4v) is 6.08. The van der Waals surface area contributed by atoms with Gasteiger partial charge in [-0.3, -0.25) is 0 Å². The van der Waals surface area contributed by atoms with Gasteiger partial charge < -0.3 is 14.3 Å². The molecule has 0 radical (unpaired) electrons. The summed E-state index contributed by atoms with van der Waals surface area (Å²) in [5.41, 5.74) is 2.89. The van der Waals surface area contributed by atoms with Crippen molar-refractivity contribution in [3.8, 4) is 17.3 Å². The van der Waals surface area contributed by atoms with E-state index in [-0.39, 0.29) is 16.9 Å². The highest BCUT2D eigenvalue weighted by atomic mass is 35.5. The number of hydrogen-bond acceptors (Lipinski definition) is 6. The van der Waals surface area contributed by atoms with Gasteiger partial charge in [0.15, 0.2) is 14.0 Å². The third-order valence-electron chi connectivity index (χ3n) is 8.25. The van der Waals surface area contributed by atoms with Crippen LogP contribution in [0.2, 0.25) is 23.2 Å². The number of benzene rings is 1. The van der Waals surface area contributed by atoms with E-state index in [2.05, 4.69) is 73.6 Å². The molecule has 7 nitrogen and oxygen atoms in total. The van der Waals surface area contributed by atoms with Crippen molar-refractivity contribution < 1.29 is 4.43 Å². The lowest BCUT2D eigenvalue weighted by atomic mass is 9.83. The first kappa shape index (κ1) is 28.5. The van der Waals surface area contributed by atoms with Gasteiger partial charge in [0, 0.05) is 23.2 Å². The van der Waals surface area contributed by atoms with Crippen molar-refractivity contribution in [2.75, 3.05) is 11.9 Å². The molecule has 1 saturated carbocycles. The van der Waals surface area contributed by atoms with E-state index in [0.29, 0.717) is 28.9 Å². The number of hydrogen-bond donors (Lipinski definition) is 1. The summed E-state index contributed by atoms with van der Waals surface area (Å²) in [7, 11) is -1.88. The first-order valence-corrected chi connectivity index (χ1v) is 17.0. The van der Waals surface area contributed by atoms with Gasteiger partial charge in [-0.15, -0.1) is 0 Å². The molecule has 3 aromatic rings. The molecule has 2 heterocycles. The molecular formula is C29H41ClN6OSi. The second-order valence-electron chi connectivity index (χ2n) is 12.5. The van der Waals surface area contributed by atoms with E-state index in [9.17, 15) is 5.26 Å². The van der Waals surface area contributed by atoms with Gasteiger partial charge in [-0.1, -0.05) is 64.3 Å². The number of anilines is 1. The lowest BCUT2D eigenvalue weighted by molar-refractivity contribution is 0.265. The molecule has 1 aliphatic rings. The standard InChI is InChI=1S/C29H41ClN6OSi/c1-19-11-13-21(14-12-19)17-36-26-25(22-9-8-10-23(30)15-22)33-24(16-31)34-27(26)35-28(36)32-20(2)18-37-38(6,7)29(3,4)5/h8-10,15,19-21H,11-14,17-18H2,1-7H3,(H,32,33,34,35)/t19?,20-,21?/m1/s1. The van der Waals surface area contributed by atoms with Gasteiger partial charge in [-0.25, -0.2) is 4.98 Å². The first-order chi connectivity index (χ1) is 17.9. The summed E-state index contributed by atoms with van der Waals surface area (Å²) in [6, 6.07) is 9.75. The Morgan fingerprint density at radius 2 is 1.89 bits per heavy atom. The van der Waals surface area contributed by atoms with Crippen LogP contribution in [-0.4, -0.2) is 40.5 Å². The van der Waals surface area contributed by atoms with Gasteiger partial charge in [0.05, 0.1) is 6.61 Å². The number of halogens is 1. The van der Waals surface area contributed by atoms with Crippen LogP contribution in [0.5, 0.6) is 0 Å². The van der Waals surface area contributed by atoms with Crippen molar-refractivity contribution in [2.24, 2.45) is 11.8 Å². The highest BCUT2D eigenvalue weighted by Gasteiger charge is 2.37. The molecule has 1 atom stereocenters. The molecule has 1 aliphatic carbocycles. The Balaban J connectivity index is 1.75. The minimum absolute atomic E-state index is 0.0454. The Morgan fingerprint density at radius 1 is 1.18 bits per heavy atom. The van der Waals surface area contributed by atoms with E-state index in [0.717, 1.165) is 29.5 Å². The summed E-state index contributed by atoms with van der Waals surface area (Å²) in [6.07, 6.45) is 4.86. The summed E-state index contributed by atoms with van der Waals surface area (Å²) in [5.74, 6) is 2.17. The summed E-state index contributed by atoms with van der Waals surface area (Å²) >= 11 is 6.35. The van der Waals surface area contributed by atoms with Crippen molar-refractivity contribution in [1.29, 1.82) is 5.26 Å². The number of nitriles is 1. The molecule has 0 aliphatic heterocycles. The molecule has 0 bridgehead atoms. The number of nitrogens with zero attached hydrogens (tertiary/aromatic N) is 5. The van der Waals surface area contributed by atoms with E-state index in [1.807, 2.05) is 24.3 Å². The maximum absolute atomic E-state index is 9.68. The third-order valence-corrected chi connectivity index (χ3v) is 13.0. The van der Waals surface area contributed by atoms with E-state index >= 15 is 0 Å². The number of fused-ring (bicyclic) bond motifs is 1. The van der Waals surface area contributed by atoms with Gasteiger partial charge in [-0.2, -0.15) is 15.2 Å². The van der Waals surface area contributed by atoms with Gasteiger partial charge in [0.1, 0.15) is 17.3 Å². The maximum atomic E-state index is 9.68. The fraction of sp³-hybridized carbons (Fsp3) is 0.586. The largest absolute Gasteiger partial charge is 0.415 e. The van der Waals surface area contributed by atoms with Gasteiger partial charge in [-0.05, 0) is 61.9 Å². The Labute approximate surface area is 233 Å². The minimum atomic E-state index is -1.88. The zero-order chi connectivity index (χ0) is 27.7. The average Bonchev–Trinajstić information content (AvgIpc) is 3.19. The fourth-order valence-electron chi connectivity index (χ4n) is 4.79. The quantitative estimate of drug-likeness (QED) is 0.288. The van der Waals surface area contributed by atoms with Crippen molar-refractivity contribution in [2.45, 2.75) is 91.0 Å². The topological polar surface area (TPSA) is 88.6 Å². The normalized spacial score (nSPS) is 19.3. The zero-order valence-corrected chi connectivity index (χ0v) is 25.6. The molecule has 9 heteroatoms. The van der Waals surface area contributed by atoms with E-state index < -0.39 is 8.32 Å². The third kappa shape index (κ3) is 6.39.